The maximum absolute atomic E-state index is 3.83. The minimum atomic E-state index is 0.786. The van der Waals surface area contributed by atoms with Crippen LogP contribution in [-0.4, -0.2) is 12.6 Å². The van der Waals surface area contributed by atoms with Crippen LogP contribution in [-0.2, 0) is 0 Å². The lowest BCUT2D eigenvalue weighted by Crippen LogP contribution is -2.39. The second-order valence-electron chi connectivity index (χ2n) is 6.26. The normalized spacial score (nSPS) is 28.2. The molecule has 17 heavy (non-hydrogen) atoms. The van der Waals surface area contributed by atoms with Crippen molar-refractivity contribution in [2.45, 2.75) is 78.7 Å². The molecule has 0 aromatic heterocycles. The van der Waals surface area contributed by atoms with Crippen molar-refractivity contribution in [3.8, 4) is 0 Å². The quantitative estimate of drug-likeness (QED) is 0.652. The van der Waals surface area contributed by atoms with E-state index in [2.05, 4.69) is 33.0 Å². The highest BCUT2D eigenvalue weighted by Gasteiger charge is 2.31. The van der Waals surface area contributed by atoms with Gasteiger partial charge in [0.1, 0.15) is 0 Å². The molecule has 1 saturated carbocycles. The fourth-order valence-electron chi connectivity index (χ4n) is 3.56. The summed E-state index contributed by atoms with van der Waals surface area (Å²) in [4.78, 5) is 0. The lowest BCUT2D eigenvalue weighted by Gasteiger charge is -2.30. The highest BCUT2D eigenvalue weighted by Crippen LogP contribution is 2.36. The molecule has 1 rings (SSSR count). The molecule has 0 radical (unpaired) electrons. The second-order valence-corrected chi connectivity index (χ2v) is 6.26. The van der Waals surface area contributed by atoms with Crippen LogP contribution in [0.1, 0.15) is 72.6 Å². The summed E-state index contributed by atoms with van der Waals surface area (Å²) in [6.45, 7) is 10.7. The Morgan fingerprint density at radius 3 is 2.47 bits per heavy atom. The van der Waals surface area contributed by atoms with E-state index >= 15 is 0 Å². The first kappa shape index (κ1) is 15.0. The molecule has 4 unspecified atom stereocenters. The molecule has 102 valence electrons. The minimum Gasteiger partial charge on any atom is -0.314 e. The molecular formula is C16H33N. The van der Waals surface area contributed by atoms with E-state index in [-0.39, 0.29) is 0 Å². The van der Waals surface area contributed by atoms with Crippen LogP contribution in [0.3, 0.4) is 0 Å². The van der Waals surface area contributed by atoms with Crippen molar-refractivity contribution < 1.29 is 0 Å². The molecule has 0 saturated heterocycles. The maximum atomic E-state index is 3.83. The van der Waals surface area contributed by atoms with Gasteiger partial charge in [-0.15, -0.1) is 0 Å². The van der Waals surface area contributed by atoms with Gasteiger partial charge in [0.2, 0.25) is 0 Å². The minimum absolute atomic E-state index is 0.786. The zero-order chi connectivity index (χ0) is 12.7. The first-order chi connectivity index (χ1) is 8.19. The predicted molar refractivity (Wildman–Crippen MR) is 77.3 cm³/mol. The Balaban J connectivity index is 2.46. The van der Waals surface area contributed by atoms with Crippen LogP contribution >= 0.6 is 0 Å². The monoisotopic (exact) mass is 239 g/mol. The van der Waals surface area contributed by atoms with Crippen LogP contribution in [0.4, 0.5) is 0 Å². The fraction of sp³-hybridized carbons (Fsp3) is 1.00. The number of hydrogen-bond acceptors (Lipinski definition) is 1. The average Bonchev–Trinajstić information content (AvgIpc) is 2.71. The zero-order valence-electron chi connectivity index (χ0n) is 12.5. The van der Waals surface area contributed by atoms with Gasteiger partial charge in [-0.3, -0.25) is 0 Å². The SMILES string of the molecule is CCCNC(CC(C)CCC)C1CCCC1C. The topological polar surface area (TPSA) is 12.0 Å². The van der Waals surface area contributed by atoms with Crippen LogP contribution in [0.15, 0.2) is 0 Å². The van der Waals surface area contributed by atoms with Crippen LogP contribution in [0.2, 0.25) is 0 Å². The lowest BCUT2D eigenvalue weighted by atomic mass is 9.84. The van der Waals surface area contributed by atoms with E-state index in [0.29, 0.717) is 0 Å². The summed E-state index contributed by atoms with van der Waals surface area (Å²) < 4.78 is 0. The van der Waals surface area contributed by atoms with Crippen LogP contribution in [0, 0.1) is 17.8 Å². The first-order valence-electron chi connectivity index (χ1n) is 7.92. The summed E-state index contributed by atoms with van der Waals surface area (Å²) in [5.74, 6) is 2.78. The third kappa shape index (κ3) is 4.99. The Bertz CT molecular complexity index is 190. The van der Waals surface area contributed by atoms with Crippen LogP contribution in [0.5, 0.6) is 0 Å². The van der Waals surface area contributed by atoms with Crippen molar-refractivity contribution in [1.29, 1.82) is 0 Å². The van der Waals surface area contributed by atoms with Gasteiger partial charge in [-0.1, -0.05) is 53.4 Å². The summed E-state index contributed by atoms with van der Waals surface area (Å²) >= 11 is 0. The van der Waals surface area contributed by atoms with Crippen molar-refractivity contribution in [3.63, 3.8) is 0 Å². The van der Waals surface area contributed by atoms with E-state index in [1.807, 2.05) is 0 Å². The van der Waals surface area contributed by atoms with E-state index in [0.717, 1.165) is 23.8 Å². The van der Waals surface area contributed by atoms with Gasteiger partial charge in [0.25, 0.3) is 0 Å². The Hall–Kier alpha value is -0.0400. The molecule has 1 heteroatoms. The third-order valence-corrected chi connectivity index (χ3v) is 4.54. The standard InChI is InChI=1S/C16H33N/c1-5-8-13(3)12-16(17-11-6-2)15-10-7-9-14(15)4/h13-17H,5-12H2,1-4H3. The number of rotatable bonds is 8. The molecule has 0 aromatic rings. The Morgan fingerprint density at radius 1 is 1.18 bits per heavy atom. The number of nitrogens with one attached hydrogen (secondary N) is 1. The van der Waals surface area contributed by atoms with Crippen molar-refractivity contribution >= 4 is 0 Å². The largest absolute Gasteiger partial charge is 0.314 e. The fourth-order valence-corrected chi connectivity index (χ4v) is 3.56. The van der Waals surface area contributed by atoms with E-state index in [9.17, 15) is 0 Å². The molecule has 0 spiro atoms. The molecular weight excluding hydrogens is 206 g/mol. The second kappa shape index (κ2) is 8.13. The van der Waals surface area contributed by atoms with Crippen molar-refractivity contribution in [3.05, 3.63) is 0 Å². The van der Waals surface area contributed by atoms with E-state index in [1.54, 1.807) is 0 Å². The maximum Gasteiger partial charge on any atom is 0.0100 e. The molecule has 1 nitrogen and oxygen atoms in total. The molecule has 0 heterocycles. The molecule has 1 aliphatic carbocycles. The molecule has 0 amide bonds. The van der Waals surface area contributed by atoms with Crippen LogP contribution in [0.25, 0.3) is 0 Å². The van der Waals surface area contributed by atoms with Gasteiger partial charge in [-0.05, 0) is 43.6 Å². The molecule has 0 aliphatic heterocycles. The Kier molecular flexibility index (Phi) is 7.18. The molecule has 0 aromatic carbocycles. The van der Waals surface area contributed by atoms with E-state index in [4.69, 9.17) is 0 Å². The number of hydrogen-bond donors (Lipinski definition) is 1. The first-order valence-corrected chi connectivity index (χ1v) is 7.92. The Labute approximate surface area is 109 Å². The van der Waals surface area contributed by atoms with Crippen LogP contribution < -0.4 is 5.32 Å². The van der Waals surface area contributed by atoms with Crippen molar-refractivity contribution in [2.24, 2.45) is 17.8 Å². The summed E-state index contributed by atoms with van der Waals surface area (Å²) in [5.41, 5.74) is 0. The van der Waals surface area contributed by atoms with E-state index in [1.165, 1.54) is 51.5 Å². The van der Waals surface area contributed by atoms with Gasteiger partial charge in [0.15, 0.2) is 0 Å². The highest BCUT2D eigenvalue weighted by molar-refractivity contribution is 4.85. The molecule has 4 atom stereocenters. The summed E-state index contributed by atoms with van der Waals surface area (Å²) in [6.07, 6.45) is 9.76. The molecule has 1 fully saturated rings. The van der Waals surface area contributed by atoms with Gasteiger partial charge in [-0.2, -0.15) is 0 Å². The summed E-state index contributed by atoms with van der Waals surface area (Å²) in [6, 6.07) is 0.786. The highest BCUT2D eigenvalue weighted by atomic mass is 14.9. The molecule has 1 N–H and O–H groups in total. The van der Waals surface area contributed by atoms with Crippen molar-refractivity contribution in [2.75, 3.05) is 6.54 Å². The van der Waals surface area contributed by atoms with Gasteiger partial charge in [-0.25, -0.2) is 0 Å². The average molecular weight is 239 g/mol. The van der Waals surface area contributed by atoms with Gasteiger partial charge < -0.3 is 5.32 Å². The zero-order valence-corrected chi connectivity index (χ0v) is 12.5. The van der Waals surface area contributed by atoms with Gasteiger partial charge in [0, 0.05) is 6.04 Å². The Morgan fingerprint density at radius 2 is 1.94 bits per heavy atom. The lowest BCUT2D eigenvalue weighted by molar-refractivity contribution is 0.253. The predicted octanol–water partition coefficient (Wildman–Crippen LogP) is 4.62. The van der Waals surface area contributed by atoms with Crippen molar-refractivity contribution in [1.82, 2.24) is 5.32 Å². The summed E-state index contributed by atoms with van der Waals surface area (Å²) in [5, 5.41) is 3.83. The third-order valence-electron chi connectivity index (χ3n) is 4.54. The van der Waals surface area contributed by atoms with Gasteiger partial charge in [0.05, 0.1) is 0 Å². The molecule has 0 bridgehead atoms. The van der Waals surface area contributed by atoms with E-state index < -0.39 is 0 Å². The summed E-state index contributed by atoms with van der Waals surface area (Å²) in [7, 11) is 0. The molecule has 1 aliphatic rings. The smallest absolute Gasteiger partial charge is 0.0100 e. The van der Waals surface area contributed by atoms with Gasteiger partial charge >= 0.3 is 0 Å².